The van der Waals surface area contributed by atoms with Crippen LogP contribution in [0.5, 0.6) is 5.19 Å². The molecule has 0 spiro atoms. The summed E-state index contributed by atoms with van der Waals surface area (Å²) in [5.74, 6) is -1.08. The largest absolute Gasteiger partial charge is 0.472 e. The second-order valence-electron chi connectivity index (χ2n) is 5.58. The molecule has 9 nitrogen and oxygen atoms in total. The third-order valence-electron chi connectivity index (χ3n) is 3.89. The summed E-state index contributed by atoms with van der Waals surface area (Å²) in [4.78, 5) is 24.5. The second kappa shape index (κ2) is 5.49. The molecule has 2 heterocycles. The number of hydrogen-bond acceptors (Lipinski definition) is 8. The molecular weight excluding hydrogens is 368 g/mol. The maximum absolute atomic E-state index is 12.6. The van der Waals surface area contributed by atoms with Crippen molar-refractivity contribution in [3.05, 3.63) is 29.3 Å². The number of nitrogens with zero attached hydrogens (tertiary/aromatic N) is 3. The Labute approximate surface area is 146 Å². The van der Waals surface area contributed by atoms with Gasteiger partial charge in [0.2, 0.25) is 5.13 Å². The van der Waals surface area contributed by atoms with E-state index < -0.39 is 21.8 Å². The Morgan fingerprint density at radius 3 is 2.76 bits per heavy atom. The molecule has 2 amide bonds. The number of ether oxygens (including phenoxy) is 1. The van der Waals surface area contributed by atoms with Crippen LogP contribution in [-0.4, -0.2) is 47.9 Å². The topological polar surface area (TPSA) is 119 Å². The number of methoxy groups -OCH3 is 1. The minimum absolute atomic E-state index is 0.0982. The van der Waals surface area contributed by atoms with Crippen molar-refractivity contribution in [1.29, 1.82) is 0 Å². The SMILES string of the molecule is COc1nnc(NC(=O)c2ccc3c(c2)S(=O)(=O)N(C2CC2)C3=O)s1. The lowest BCUT2D eigenvalue weighted by molar-refractivity contribution is 0.0864. The van der Waals surface area contributed by atoms with E-state index in [-0.39, 0.29) is 32.4 Å². The molecule has 25 heavy (non-hydrogen) atoms. The predicted molar refractivity (Wildman–Crippen MR) is 87.2 cm³/mol. The van der Waals surface area contributed by atoms with Crippen LogP contribution in [-0.2, 0) is 10.0 Å². The molecule has 1 aliphatic carbocycles. The van der Waals surface area contributed by atoms with Gasteiger partial charge in [0.15, 0.2) is 0 Å². The highest BCUT2D eigenvalue weighted by Crippen LogP contribution is 2.39. The van der Waals surface area contributed by atoms with E-state index >= 15 is 0 Å². The van der Waals surface area contributed by atoms with Crippen LogP contribution in [0.4, 0.5) is 5.13 Å². The zero-order valence-corrected chi connectivity index (χ0v) is 14.6. The average molecular weight is 380 g/mol. The fraction of sp³-hybridized carbons (Fsp3) is 0.286. The Kier molecular flexibility index (Phi) is 3.51. The molecule has 1 aliphatic heterocycles. The molecule has 1 fully saturated rings. The van der Waals surface area contributed by atoms with Crippen LogP contribution in [0.1, 0.15) is 33.6 Å². The Balaban J connectivity index is 1.64. The molecule has 0 atom stereocenters. The Morgan fingerprint density at radius 1 is 1.36 bits per heavy atom. The van der Waals surface area contributed by atoms with Crippen molar-refractivity contribution in [3.8, 4) is 5.19 Å². The monoisotopic (exact) mass is 380 g/mol. The molecule has 0 radical (unpaired) electrons. The van der Waals surface area contributed by atoms with Crippen molar-refractivity contribution >= 4 is 38.3 Å². The number of rotatable bonds is 4. The number of benzene rings is 1. The summed E-state index contributed by atoms with van der Waals surface area (Å²) in [6.07, 6.45) is 1.34. The van der Waals surface area contributed by atoms with Crippen LogP contribution in [0.15, 0.2) is 23.1 Å². The Bertz CT molecular complexity index is 996. The normalized spacial score (nSPS) is 18.1. The van der Waals surface area contributed by atoms with Crippen LogP contribution in [0, 0.1) is 0 Å². The van der Waals surface area contributed by atoms with Gasteiger partial charge in [0.25, 0.3) is 27.0 Å². The highest BCUT2D eigenvalue weighted by Gasteiger charge is 2.48. The highest BCUT2D eigenvalue weighted by atomic mass is 32.2. The molecule has 2 aliphatic rings. The number of amides is 2. The van der Waals surface area contributed by atoms with E-state index in [1.807, 2.05) is 0 Å². The summed E-state index contributed by atoms with van der Waals surface area (Å²) in [5.41, 5.74) is 0.211. The number of aromatic nitrogens is 2. The quantitative estimate of drug-likeness (QED) is 0.844. The van der Waals surface area contributed by atoms with Gasteiger partial charge in [0.05, 0.1) is 12.7 Å². The van der Waals surface area contributed by atoms with Crippen LogP contribution in [0.25, 0.3) is 0 Å². The number of fused-ring (bicyclic) bond motifs is 1. The van der Waals surface area contributed by atoms with E-state index in [1.54, 1.807) is 0 Å². The fourth-order valence-corrected chi connectivity index (χ4v) is 4.97. The van der Waals surface area contributed by atoms with Crippen molar-refractivity contribution in [1.82, 2.24) is 14.5 Å². The number of hydrogen-bond donors (Lipinski definition) is 1. The molecule has 1 N–H and O–H groups in total. The van der Waals surface area contributed by atoms with Crippen molar-refractivity contribution in [2.24, 2.45) is 0 Å². The number of nitrogens with one attached hydrogen (secondary N) is 1. The maximum atomic E-state index is 12.6. The van der Waals surface area contributed by atoms with Gasteiger partial charge in [-0.25, -0.2) is 12.7 Å². The summed E-state index contributed by atoms with van der Waals surface area (Å²) < 4.78 is 31.0. The van der Waals surface area contributed by atoms with Gasteiger partial charge in [-0.1, -0.05) is 5.10 Å². The summed E-state index contributed by atoms with van der Waals surface area (Å²) in [7, 11) is -2.47. The van der Waals surface area contributed by atoms with Crippen LogP contribution in [0.2, 0.25) is 0 Å². The van der Waals surface area contributed by atoms with Gasteiger partial charge in [0, 0.05) is 11.6 Å². The molecule has 11 heteroatoms. The van der Waals surface area contributed by atoms with Gasteiger partial charge in [-0.05, 0) is 42.4 Å². The lowest BCUT2D eigenvalue weighted by atomic mass is 10.1. The summed E-state index contributed by atoms with van der Waals surface area (Å²) >= 11 is 1.04. The van der Waals surface area contributed by atoms with Gasteiger partial charge in [-0.15, -0.1) is 5.10 Å². The van der Waals surface area contributed by atoms with Gasteiger partial charge in [-0.2, -0.15) is 0 Å². The minimum atomic E-state index is -3.90. The molecule has 4 rings (SSSR count). The zero-order chi connectivity index (χ0) is 17.8. The van der Waals surface area contributed by atoms with Crippen molar-refractivity contribution in [2.75, 3.05) is 12.4 Å². The lowest BCUT2D eigenvalue weighted by Gasteiger charge is -2.13. The molecule has 0 saturated heterocycles. The fourth-order valence-electron chi connectivity index (χ4n) is 2.57. The molecule has 1 aromatic carbocycles. The van der Waals surface area contributed by atoms with Crippen molar-refractivity contribution < 1.29 is 22.7 Å². The number of carbonyl (C=O) groups is 2. The van der Waals surface area contributed by atoms with Gasteiger partial charge >= 0.3 is 0 Å². The maximum Gasteiger partial charge on any atom is 0.295 e. The predicted octanol–water partition coefficient (Wildman–Crippen LogP) is 1.11. The Morgan fingerprint density at radius 2 is 2.12 bits per heavy atom. The Hall–Kier alpha value is -2.53. The van der Waals surface area contributed by atoms with E-state index in [4.69, 9.17) is 4.74 Å². The molecule has 130 valence electrons. The smallest absolute Gasteiger partial charge is 0.295 e. The molecule has 1 aromatic heterocycles. The molecule has 0 unspecified atom stereocenters. The van der Waals surface area contributed by atoms with E-state index in [1.165, 1.54) is 25.3 Å². The van der Waals surface area contributed by atoms with Crippen molar-refractivity contribution in [2.45, 2.75) is 23.8 Å². The van der Waals surface area contributed by atoms with Gasteiger partial charge in [0.1, 0.15) is 4.90 Å². The first-order valence-corrected chi connectivity index (χ1v) is 9.59. The number of carbonyl (C=O) groups excluding carboxylic acids is 2. The summed E-state index contributed by atoms with van der Waals surface area (Å²) in [5, 5.41) is 10.5. The van der Waals surface area contributed by atoms with E-state index in [9.17, 15) is 18.0 Å². The first-order valence-electron chi connectivity index (χ1n) is 7.33. The summed E-state index contributed by atoms with van der Waals surface area (Å²) in [6.45, 7) is 0. The third kappa shape index (κ3) is 2.55. The first kappa shape index (κ1) is 16.0. The standard InChI is InChI=1S/C14H12N4O5S2/c1-23-14-17-16-13(24-14)15-11(19)7-2-5-9-10(6-7)25(21,22)18(12(9)20)8-3-4-8/h2,5-6,8H,3-4H2,1H3,(H,15,16,19). The first-order chi connectivity index (χ1) is 11.9. The van der Waals surface area contributed by atoms with Crippen LogP contribution in [0.3, 0.4) is 0 Å². The summed E-state index contributed by atoms with van der Waals surface area (Å²) in [6, 6.07) is 3.73. The minimum Gasteiger partial charge on any atom is -0.472 e. The van der Waals surface area contributed by atoms with E-state index in [0.29, 0.717) is 12.8 Å². The zero-order valence-electron chi connectivity index (χ0n) is 12.9. The molecule has 2 aromatic rings. The average Bonchev–Trinajstić information content (AvgIpc) is 3.26. The molecular formula is C14H12N4O5S2. The highest BCUT2D eigenvalue weighted by molar-refractivity contribution is 7.90. The van der Waals surface area contributed by atoms with Crippen molar-refractivity contribution in [3.63, 3.8) is 0 Å². The lowest BCUT2D eigenvalue weighted by Crippen LogP contribution is -2.31. The van der Waals surface area contributed by atoms with E-state index in [2.05, 4.69) is 15.5 Å². The number of sulfonamides is 1. The molecule has 0 bridgehead atoms. The number of anilines is 1. The van der Waals surface area contributed by atoms with Gasteiger partial charge < -0.3 is 4.74 Å². The third-order valence-corrected chi connectivity index (χ3v) is 6.57. The molecule has 1 saturated carbocycles. The van der Waals surface area contributed by atoms with E-state index in [0.717, 1.165) is 15.6 Å². The van der Waals surface area contributed by atoms with Crippen LogP contribution >= 0.6 is 11.3 Å². The van der Waals surface area contributed by atoms with Gasteiger partial charge in [-0.3, -0.25) is 14.9 Å². The van der Waals surface area contributed by atoms with Crippen LogP contribution < -0.4 is 10.1 Å². The second-order valence-corrected chi connectivity index (χ2v) is 8.30.